The van der Waals surface area contributed by atoms with Gasteiger partial charge >= 0.3 is 0 Å². The van der Waals surface area contributed by atoms with E-state index >= 15 is 0 Å². The van der Waals surface area contributed by atoms with E-state index in [1.54, 1.807) is 0 Å². The van der Waals surface area contributed by atoms with Crippen molar-refractivity contribution in [2.75, 3.05) is 6.61 Å². The molecule has 0 saturated heterocycles. The molecule has 0 saturated carbocycles. The molecule has 0 aliphatic rings. The fourth-order valence-electron chi connectivity index (χ4n) is 1.02. The minimum absolute atomic E-state index is 0.744. The Morgan fingerprint density at radius 2 is 1.67 bits per heavy atom. The van der Waals surface area contributed by atoms with E-state index in [4.69, 9.17) is 4.43 Å². The van der Waals surface area contributed by atoms with Gasteiger partial charge in [0.2, 0.25) is 9.76 Å². The molecule has 0 N–H and O–H groups in total. The van der Waals surface area contributed by atoms with Crippen molar-refractivity contribution in [1.29, 1.82) is 0 Å². The number of rotatable bonds is 9. The van der Waals surface area contributed by atoms with Crippen molar-refractivity contribution in [2.24, 2.45) is 0 Å². The molecule has 0 aromatic carbocycles. The second kappa shape index (κ2) is 11.2. The van der Waals surface area contributed by atoms with E-state index in [1.807, 2.05) is 0 Å². The highest BCUT2D eigenvalue weighted by Crippen LogP contribution is 2.02. The van der Waals surface area contributed by atoms with Gasteiger partial charge in [-0.3, -0.25) is 0 Å². The van der Waals surface area contributed by atoms with Crippen LogP contribution in [0.25, 0.3) is 0 Å². The smallest absolute Gasteiger partial charge is 0.229 e. The van der Waals surface area contributed by atoms with Crippen LogP contribution in [-0.2, 0) is 4.43 Å². The lowest BCUT2D eigenvalue weighted by Crippen LogP contribution is -1.99. The molecule has 2 heteroatoms. The van der Waals surface area contributed by atoms with E-state index in [-0.39, 0.29) is 0 Å². The van der Waals surface area contributed by atoms with Gasteiger partial charge in [-0.2, -0.15) is 0 Å². The molecule has 0 fully saturated rings. The monoisotopic (exact) mass is 186 g/mol. The molecule has 0 bridgehead atoms. The fourth-order valence-corrected chi connectivity index (χ4v) is 1.66. The van der Waals surface area contributed by atoms with Gasteiger partial charge in [-0.05, 0) is 12.5 Å². The zero-order valence-corrected chi connectivity index (χ0v) is 9.57. The number of hydrogen-bond donors (Lipinski definition) is 0. The van der Waals surface area contributed by atoms with Gasteiger partial charge in [0, 0.05) is 6.61 Å². The predicted molar refractivity (Wildman–Crippen MR) is 55.6 cm³/mol. The van der Waals surface area contributed by atoms with Crippen LogP contribution < -0.4 is 0 Å². The highest BCUT2D eigenvalue weighted by atomic mass is 28.2. The molecule has 1 nitrogen and oxygen atoms in total. The summed E-state index contributed by atoms with van der Waals surface area (Å²) in [5.41, 5.74) is 0. The molecule has 0 spiro atoms. The largest absolute Gasteiger partial charge is 0.417 e. The van der Waals surface area contributed by atoms with E-state index in [1.165, 1.54) is 44.6 Å². The Hall–Kier alpha value is 0.177. The lowest BCUT2D eigenvalue weighted by Gasteiger charge is -2.01. The first kappa shape index (κ1) is 12.2. The third kappa shape index (κ3) is 10.2. The summed E-state index contributed by atoms with van der Waals surface area (Å²) in [6.45, 7) is 5.44. The van der Waals surface area contributed by atoms with Crippen molar-refractivity contribution < 1.29 is 4.43 Å². The van der Waals surface area contributed by atoms with Gasteiger partial charge in [-0.15, -0.1) is 0 Å². The standard InChI is InChI=1S/C10H22OSi/c1-3-5-6-7-8-9-11-12-10-4-2/h3-10H2,1-2H3. The Balaban J connectivity index is 2.73. The van der Waals surface area contributed by atoms with Crippen molar-refractivity contribution in [2.45, 2.75) is 58.4 Å². The minimum atomic E-state index is 0.744. The van der Waals surface area contributed by atoms with Crippen molar-refractivity contribution in [3.8, 4) is 0 Å². The lowest BCUT2D eigenvalue weighted by atomic mass is 10.2. The highest BCUT2D eigenvalue weighted by molar-refractivity contribution is 6.26. The summed E-state index contributed by atoms with van der Waals surface area (Å²) in [5.74, 6) is 0. The Morgan fingerprint density at radius 1 is 0.917 bits per heavy atom. The van der Waals surface area contributed by atoms with Crippen LogP contribution in [0.4, 0.5) is 0 Å². The zero-order valence-electron chi connectivity index (χ0n) is 8.57. The average molecular weight is 186 g/mol. The highest BCUT2D eigenvalue weighted by Gasteiger charge is 1.90. The summed E-state index contributed by atoms with van der Waals surface area (Å²) >= 11 is 0. The molecular formula is C10H22OSi. The van der Waals surface area contributed by atoms with Crippen LogP contribution in [0.1, 0.15) is 52.4 Å². The van der Waals surface area contributed by atoms with Crippen LogP contribution in [0.5, 0.6) is 0 Å². The van der Waals surface area contributed by atoms with Gasteiger partial charge in [-0.1, -0.05) is 46.0 Å². The zero-order chi connectivity index (χ0) is 9.07. The van der Waals surface area contributed by atoms with Gasteiger partial charge in [-0.25, -0.2) is 0 Å². The Bertz CT molecular complexity index is 66.2. The molecular weight excluding hydrogens is 164 g/mol. The van der Waals surface area contributed by atoms with Gasteiger partial charge in [0.15, 0.2) is 0 Å². The van der Waals surface area contributed by atoms with E-state index in [0.717, 1.165) is 16.4 Å². The first-order valence-corrected chi connectivity index (χ1v) is 6.38. The molecule has 0 amide bonds. The third-order valence-corrected chi connectivity index (χ3v) is 2.92. The summed E-state index contributed by atoms with van der Waals surface area (Å²) in [7, 11) is 0.744. The molecule has 0 rings (SSSR count). The third-order valence-electron chi connectivity index (χ3n) is 1.80. The van der Waals surface area contributed by atoms with Gasteiger partial charge in [0.25, 0.3) is 0 Å². The van der Waals surface area contributed by atoms with Crippen LogP contribution >= 0.6 is 0 Å². The fraction of sp³-hybridized carbons (Fsp3) is 1.00. The van der Waals surface area contributed by atoms with Crippen molar-refractivity contribution >= 4 is 9.76 Å². The maximum absolute atomic E-state index is 5.48. The Labute approximate surface area is 79.8 Å². The second-order valence-corrected chi connectivity index (χ2v) is 4.23. The topological polar surface area (TPSA) is 9.23 Å². The van der Waals surface area contributed by atoms with E-state index < -0.39 is 0 Å². The van der Waals surface area contributed by atoms with Crippen LogP contribution in [0, 0.1) is 0 Å². The van der Waals surface area contributed by atoms with Crippen LogP contribution in [0.3, 0.4) is 0 Å². The van der Waals surface area contributed by atoms with E-state index in [9.17, 15) is 0 Å². The Kier molecular flexibility index (Phi) is 11.3. The number of unbranched alkanes of at least 4 members (excludes halogenated alkanes) is 4. The van der Waals surface area contributed by atoms with Crippen LogP contribution in [0.15, 0.2) is 0 Å². The van der Waals surface area contributed by atoms with Crippen molar-refractivity contribution in [1.82, 2.24) is 0 Å². The van der Waals surface area contributed by atoms with Crippen LogP contribution in [-0.4, -0.2) is 16.4 Å². The average Bonchev–Trinajstić information content (AvgIpc) is 2.10. The van der Waals surface area contributed by atoms with Crippen molar-refractivity contribution in [3.63, 3.8) is 0 Å². The molecule has 0 unspecified atom stereocenters. The quantitative estimate of drug-likeness (QED) is 0.396. The first-order chi connectivity index (χ1) is 5.91. The molecule has 0 aliphatic heterocycles. The molecule has 2 radical (unpaired) electrons. The molecule has 0 atom stereocenters. The second-order valence-electron chi connectivity index (χ2n) is 3.16. The molecule has 0 heterocycles. The van der Waals surface area contributed by atoms with Crippen molar-refractivity contribution in [3.05, 3.63) is 0 Å². The van der Waals surface area contributed by atoms with Crippen LogP contribution in [0.2, 0.25) is 6.04 Å². The summed E-state index contributed by atoms with van der Waals surface area (Å²) in [5, 5.41) is 0. The maximum Gasteiger partial charge on any atom is 0.229 e. The molecule has 0 aromatic rings. The normalized spacial score (nSPS) is 10.5. The lowest BCUT2D eigenvalue weighted by molar-refractivity contribution is 0.320. The summed E-state index contributed by atoms with van der Waals surface area (Å²) in [6, 6.07) is 1.25. The maximum atomic E-state index is 5.48. The molecule has 0 aliphatic carbocycles. The Morgan fingerprint density at radius 3 is 2.33 bits per heavy atom. The predicted octanol–water partition coefficient (Wildman–Crippen LogP) is 3.42. The summed E-state index contributed by atoms with van der Waals surface area (Å²) in [4.78, 5) is 0. The first-order valence-electron chi connectivity index (χ1n) is 5.26. The molecule has 72 valence electrons. The van der Waals surface area contributed by atoms with E-state index in [2.05, 4.69) is 13.8 Å². The minimum Gasteiger partial charge on any atom is -0.417 e. The van der Waals surface area contributed by atoms with Gasteiger partial charge in [0.1, 0.15) is 0 Å². The summed E-state index contributed by atoms with van der Waals surface area (Å²) < 4.78 is 5.48. The number of hydrogen-bond acceptors (Lipinski definition) is 1. The SMILES string of the molecule is CCCCCCCO[Si]CCC. The van der Waals surface area contributed by atoms with Gasteiger partial charge in [0.05, 0.1) is 0 Å². The summed E-state index contributed by atoms with van der Waals surface area (Å²) in [6.07, 6.45) is 7.97. The van der Waals surface area contributed by atoms with E-state index in [0.29, 0.717) is 0 Å². The molecule has 12 heavy (non-hydrogen) atoms. The van der Waals surface area contributed by atoms with Gasteiger partial charge < -0.3 is 4.43 Å². The molecule has 0 aromatic heterocycles.